The summed E-state index contributed by atoms with van der Waals surface area (Å²) in [7, 11) is 1.27. The number of amides is 2. The molecule has 1 aromatic heterocycles. The number of halogens is 1. The van der Waals surface area contributed by atoms with Crippen molar-refractivity contribution in [3.63, 3.8) is 0 Å². The normalized spacial score (nSPS) is 12.8. The highest BCUT2D eigenvalue weighted by molar-refractivity contribution is 14.1. The van der Waals surface area contributed by atoms with E-state index in [0.717, 1.165) is 10.6 Å². The van der Waals surface area contributed by atoms with Gasteiger partial charge in [0.25, 0.3) is 17.4 Å². The number of hydrogen-bond acceptors (Lipinski definition) is 6. The van der Waals surface area contributed by atoms with E-state index >= 15 is 0 Å². The number of nitrogens with zero attached hydrogens (tertiary/aromatic N) is 1. The van der Waals surface area contributed by atoms with Crippen LogP contribution in [-0.2, 0) is 4.74 Å². The van der Waals surface area contributed by atoms with Crippen LogP contribution in [-0.4, -0.2) is 29.5 Å². The fourth-order valence-electron chi connectivity index (χ4n) is 2.46. The molecule has 122 valence electrons. The summed E-state index contributed by atoms with van der Waals surface area (Å²) in [5.41, 5.74) is 6.04. The first-order chi connectivity index (χ1) is 11.3. The Labute approximate surface area is 148 Å². The predicted molar refractivity (Wildman–Crippen MR) is 92.3 cm³/mol. The van der Waals surface area contributed by atoms with Gasteiger partial charge in [-0.25, -0.2) is 4.79 Å². The number of carbonyl (C=O) groups is 3. The number of nitrogens with one attached hydrogen (secondary N) is 1. The number of fused-ring (bicyclic) bond motifs is 1. The zero-order valence-corrected chi connectivity index (χ0v) is 14.4. The number of methoxy groups -OCH3 is 1. The van der Waals surface area contributed by atoms with E-state index < -0.39 is 23.3 Å². The van der Waals surface area contributed by atoms with Gasteiger partial charge in [-0.1, -0.05) is 0 Å². The van der Waals surface area contributed by atoms with Crippen LogP contribution in [0.3, 0.4) is 0 Å². The maximum atomic E-state index is 12.4. The number of benzene rings is 1. The maximum absolute atomic E-state index is 12.4. The molecule has 1 aromatic carbocycles. The first-order valence-electron chi connectivity index (χ1n) is 6.64. The fraction of sp³-hybridized carbons (Fsp3) is 0.0667. The molecular weight excluding hydrogens is 429 g/mol. The number of nitrogen functional groups attached to an aromatic ring is 1. The Morgan fingerprint density at radius 2 is 1.92 bits per heavy atom. The molecule has 0 saturated carbocycles. The average Bonchev–Trinajstić information content (AvgIpc) is 2.82. The summed E-state index contributed by atoms with van der Waals surface area (Å²) in [6.45, 7) is 0. The van der Waals surface area contributed by atoms with E-state index in [-0.39, 0.29) is 16.9 Å². The number of aromatic nitrogens is 1. The van der Waals surface area contributed by atoms with Gasteiger partial charge in [0.2, 0.25) is 0 Å². The lowest BCUT2D eigenvalue weighted by Gasteiger charge is -2.14. The SMILES string of the molecule is COC(=O)c1ccc(-n2c(N)c3c(cc2=O)C(=O)NC3=O)c(I)c1. The second-order valence-electron chi connectivity index (χ2n) is 4.93. The topological polar surface area (TPSA) is 120 Å². The molecule has 0 radical (unpaired) electrons. The number of pyridine rings is 1. The molecule has 0 bridgehead atoms. The zero-order valence-electron chi connectivity index (χ0n) is 12.3. The van der Waals surface area contributed by atoms with Crippen LogP contribution in [0.1, 0.15) is 31.1 Å². The fourth-order valence-corrected chi connectivity index (χ4v) is 3.22. The average molecular weight is 439 g/mol. The van der Waals surface area contributed by atoms with E-state index in [2.05, 4.69) is 10.1 Å². The summed E-state index contributed by atoms with van der Waals surface area (Å²) in [5.74, 6) is -1.95. The van der Waals surface area contributed by atoms with E-state index in [1.807, 2.05) is 22.6 Å². The van der Waals surface area contributed by atoms with Crippen LogP contribution < -0.4 is 16.6 Å². The number of ether oxygens (including phenoxy) is 1. The van der Waals surface area contributed by atoms with Crippen LogP contribution in [0.4, 0.5) is 5.82 Å². The van der Waals surface area contributed by atoms with Crippen molar-refractivity contribution < 1.29 is 19.1 Å². The van der Waals surface area contributed by atoms with Crippen LogP contribution in [0.2, 0.25) is 0 Å². The molecule has 2 aromatic rings. The van der Waals surface area contributed by atoms with Gasteiger partial charge in [-0.05, 0) is 40.8 Å². The lowest BCUT2D eigenvalue weighted by atomic mass is 10.1. The van der Waals surface area contributed by atoms with Gasteiger partial charge in [0.15, 0.2) is 0 Å². The maximum Gasteiger partial charge on any atom is 0.337 e. The standard InChI is InChI=1S/C15H10IN3O5/c1-24-15(23)6-2-3-9(8(16)4-6)19-10(20)5-7-11(12(19)17)14(22)18-13(7)21/h2-5H,17H2,1H3,(H,18,21,22). The summed E-state index contributed by atoms with van der Waals surface area (Å²) < 4.78 is 6.32. The van der Waals surface area contributed by atoms with Gasteiger partial charge in [0.1, 0.15) is 5.82 Å². The number of rotatable bonds is 2. The zero-order chi connectivity index (χ0) is 17.6. The summed E-state index contributed by atoms with van der Waals surface area (Å²) in [4.78, 5) is 47.5. The third-order valence-electron chi connectivity index (χ3n) is 3.56. The monoisotopic (exact) mass is 439 g/mol. The number of nitrogens with two attached hydrogens (primary N) is 1. The van der Waals surface area contributed by atoms with Crippen molar-refractivity contribution >= 4 is 46.2 Å². The van der Waals surface area contributed by atoms with Gasteiger partial charge in [-0.15, -0.1) is 0 Å². The molecule has 3 N–H and O–H groups in total. The Bertz CT molecular complexity index is 980. The third kappa shape index (κ3) is 2.37. The van der Waals surface area contributed by atoms with Crippen LogP contribution in [0.25, 0.3) is 5.69 Å². The second-order valence-corrected chi connectivity index (χ2v) is 6.10. The van der Waals surface area contributed by atoms with Crippen LogP contribution in [0.15, 0.2) is 29.1 Å². The van der Waals surface area contributed by atoms with E-state index in [9.17, 15) is 19.2 Å². The molecule has 0 saturated heterocycles. The molecule has 24 heavy (non-hydrogen) atoms. The minimum Gasteiger partial charge on any atom is -0.465 e. The van der Waals surface area contributed by atoms with E-state index in [4.69, 9.17) is 5.73 Å². The molecule has 0 aliphatic carbocycles. The van der Waals surface area contributed by atoms with E-state index in [0.29, 0.717) is 14.8 Å². The summed E-state index contributed by atoms with van der Waals surface area (Å²) >= 11 is 1.94. The predicted octanol–water partition coefficient (Wildman–Crippen LogP) is 0.695. The molecule has 2 heterocycles. The van der Waals surface area contributed by atoms with E-state index in [1.54, 1.807) is 0 Å². The first kappa shape index (κ1) is 16.2. The van der Waals surface area contributed by atoms with Gasteiger partial charge in [0, 0.05) is 9.64 Å². The molecule has 1 aliphatic heterocycles. The van der Waals surface area contributed by atoms with Crippen molar-refractivity contribution in [3.8, 4) is 5.69 Å². The summed E-state index contributed by atoms with van der Waals surface area (Å²) in [6.07, 6.45) is 0. The Morgan fingerprint density at radius 1 is 1.21 bits per heavy atom. The Hall–Kier alpha value is -2.69. The van der Waals surface area contributed by atoms with Crippen molar-refractivity contribution in [2.75, 3.05) is 12.8 Å². The minimum absolute atomic E-state index is 0.0348. The Kier molecular flexibility index (Phi) is 3.87. The highest BCUT2D eigenvalue weighted by atomic mass is 127. The molecule has 0 atom stereocenters. The van der Waals surface area contributed by atoms with Gasteiger partial charge >= 0.3 is 5.97 Å². The first-order valence-corrected chi connectivity index (χ1v) is 7.72. The van der Waals surface area contributed by atoms with Gasteiger partial charge in [0.05, 0.1) is 29.5 Å². The van der Waals surface area contributed by atoms with Crippen molar-refractivity contribution in [2.45, 2.75) is 0 Å². The Morgan fingerprint density at radius 3 is 2.54 bits per heavy atom. The lowest BCUT2D eigenvalue weighted by molar-refractivity contribution is 0.0600. The molecule has 0 fully saturated rings. The molecule has 2 amide bonds. The third-order valence-corrected chi connectivity index (χ3v) is 4.43. The number of carbonyl (C=O) groups excluding carboxylic acids is 3. The summed E-state index contributed by atoms with van der Waals surface area (Å²) in [6, 6.07) is 5.60. The molecule has 3 rings (SSSR count). The molecule has 1 aliphatic rings. The van der Waals surface area contributed by atoms with Crippen molar-refractivity contribution in [3.05, 3.63) is 54.9 Å². The van der Waals surface area contributed by atoms with Crippen molar-refractivity contribution in [1.82, 2.24) is 9.88 Å². The van der Waals surface area contributed by atoms with Crippen LogP contribution in [0, 0.1) is 3.57 Å². The van der Waals surface area contributed by atoms with Crippen molar-refractivity contribution in [1.29, 1.82) is 0 Å². The highest BCUT2D eigenvalue weighted by Crippen LogP contribution is 2.25. The Balaban J connectivity index is 2.24. The quantitative estimate of drug-likeness (QED) is 0.404. The highest BCUT2D eigenvalue weighted by Gasteiger charge is 2.32. The molecular formula is C15H10IN3O5. The molecule has 9 heteroatoms. The lowest BCUT2D eigenvalue weighted by Crippen LogP contribution is -2.24. The molecule has 0 spiro atoms. The molecule has 0 unspecified atom stereocenters. The van der Waals surface area contributed by atoms with Gasteiger partial charge < -0.3 is 10.5 Å². The van der Waals surface area contributed by atoms with Crippen LogP contribution in [0.5, 0.6) is 0 Å². The largest absolute Gasteiger partial charge is 0.465 e. The molecule has 8 nitrogen and oxygen atoms in total. The van der Waals surface area contributed by atoms with Crippen molar-refractivity contribution in [2.24, 2.45) is 0 Å². The minimum atomic E-state index is -0.651. The van der Waals surface area contributed by atoms with Gasteiger partial charge in [-0.3, -0.25) is 24.3 Å². The van der Waals surface area contributed by atoms with Gasteiger partial charge in [-0.2, -0.15) is 0 Å². The summed E-state index contributed by atoms with van der Waals surface area (Å²) in [5, 5.41) is 2.10. The smallest absolute Gasteiger partial charge is 0.337 e. The number of hydrogen-bond donors (Lipinski definition) is 2. The second kappa shape index (κ2) is 5.74. The number of imide groups is 1. The number of anilines is 1. The van der Waals surface area contributed by atoms with Crippen LogP contribution >= 0.6 is 22.6 Å². The van der Waals surface area contributed by atoms with E-state index in [1.165, 1.54) is 25.3 Å². The number of esters is 1.